The molecule has 2 heterocycles. The number of hydrogen-bond acceptors (Lipinski definition) is 4. The molecular weight excluding hydrogens is 398 g/mol. The van der Waals surface area contributed by atoms with Crippen LogP contribution in [0.15, 0.2) is 60.8 Å². The van der Waals surface area contributed by atoms with Crippen LogP contribution < -0.4 is 4.90 Å². The maximum atomic E-state index is 13.4. The summed E-state index contributed by atoms with van der Waals surface area (Å²) in [6.07, 6.45) is 2.55. The van der Waals surface area contributed by atoms with Gasteiger partial charge >= 0.3 is 6.03 Å². The highest BCUT2D eigenvalue weighted by Crippen LogP contribution is 2.30. The zero-order valence-electron chi connectivity index (χ0n) is 18.7. The SMILES string of the molecule is CC(C)(C)CN1C(=O)N(Cc2ccc(Cc3ccccc3)cc2)Cc2cnc(C#N)nc21. The average molecular weight is 426 g/mol. The van der Waals surface area contributed by atoms with Crippen LogP contribution in [0.3, 0.4) is 0 Å². The molecule has 32 heavy (non-hydrogen) atoms. The van der Waals surface area contributed by atoms with Gasteiger partial charge in [0.15, 0.2) is 0 Å². The van der Waals surface area contributed by atoms with E-state index in [9.17, 15) is 10.1 Å². The third kappa shape index (κ3) is 4.94. The van der Waals surface area contributed by atoms with Gasteiger partial charge in [0.2, 0.25) is 5.82 Å². The Morgan fingerprint density at radius 3 is 2.31 bits per heavy atom. The summed E-state index contributed by atoms with van der Waals surface area (Å²) in [4.78, 5) is 25.4. The van der Waals surface area contributed by atoms with E-state index in [-0.39, 0.29) is 17.3 Å². The van der Waals surface area contributed by atoms with Crippen LogP contribution >= 0.6 is 0 Å². The lowest BCUT2D eigenvalue weighted by Gasteiger charge is -2.38. The lowest BCUT2D eigenvalue weighted by Crippen LogP contribution is -2.50. The maximum absolute atomic E-state index is 13.4. The highest BCUT2D eigenvalue weighted by molar-refractivity contribution is 5.93. The molecule has 6 heteroatoms. The van der Waals surface area contributed by atoms with Gasteiger partial charge in [0.1, 0.15) is 11.9 Å². The molecule has 4 rings (SSSR count). The van der Waals surface area contributed by atoms with Crippen molar-refractivity contribution in [1.82, 2.24) is 14.9 Å². The Morgan fingerprint density at radius 1 is 1.00 bits per heavy atom. The van der Waals surface area contributed by atoms with E-state index in [0.29, 0.717) is 25.5 Å². The minimum Gasteiger partial charge on any atom is -0.315 e. The number of carbonyl (C=O) groups excluding carboxylic acids is 1. The summed E-state index contributed by atoms with van der Waals surface area (Å²) >= 11 is 0. The van der Waals surface area contributed by atoms with Crippen LogP contribution in [0.1, 0.15) is 48.8 Å². The monoisotopic (exact) mass is 425 g/mol. The molecule has 1 aliphatic heterocycles. The quantitative estimate of drug-likeness (QED) is 0.581. The summed E-state index contributed by atoms with van der Waals surface area (Å²) in [6, 6.07) is 20.7. The number of carbonyl (C=O) groups is 1. The number of aromatic nitrogens is 2. The third-order valence-electron chi connectivity index (χ3n) is 5.34. The van der Waals surface area contributed by atoms with Crippen molar-refractivity contribution in [3.05, 3.63) is 88.9 Å². The molecule has 0 radical (unpaired) electrons. The van der Waals surface area contributed by atoms with Gasteiger partial charge in [-0.25, -0.2) is 14.8 Å². The Balaban J connectivity index is 1.54. The second-order valence-electron chi connectivity index (χ2n) is 9.42. The van der Waals surface area contributed by atoms with Crippen molar-refractivity contribution in [3.63, 3.8) is 0 Å². The fourth-order valence-corrected chi connectivity index (χ4v) is 3.89. The molecule has 0 saturated heterocycles. The number of fused-ring (bicyclic) bond motifs is 1. The van der Waals surface area contributed by atoms with Crippen LogP contribution in [0.2, 0.25) is 0 Å². The predicted octanol–water partition coefficient (Wildman–Crippen LogP) is 4.93. The molecule has 0 unspecified atom stereocenters. The van der Waals surface area contributed by atoms with E-state index in [2.05, 4.69) is 79.3 Å². The Hall–Kier alpha value is -3.72. The topological polar surface area (TPSA) is 73.1 Å². The van der Waals surface area contributed by atoms with E-state index in [0.717, 1.165) is 17.5 Å². The van der Waals surface area contributed by atoms with Gasteiger partial charge in [0, 0.05) is 24.8 Å². The fraction of sp³-hybridized carbons (Fsp3) is 0.308. The molecule has 1 aromatic heterocycles. The number of benzene rings is 2. The number of urea groups is 1. The molecule has 0 N–H and O–H groups in total. The largest absolute Gasteiger partial charge is 0.326 e. The van der Waals surface area contributed by atoms with Crippen molar-refractivity contribution in [2.45, 2.75) is 40.3 Å². The summed E-state index contributed by atoms with van der Waals surface area (Å²) < 4.78 is 0. The van der Waals surface area contributed by atoms with E-state index in [4.69, 9.17) is 0 Å². The van der Waals surface area contributed by atoms with Crippen molar-refractivity contribution >= 4 is 11.8 Å². The van der Waals surface area contributed by atoms with E-state index in [1.54, 1.807) is 11.1 Å². The molecule has 0 atom stereocenters. The Labute approximate surface area is 189 Å². The highest BCUT2D eigenvalue weighted by atomic mass is 16.2. The van der Waals surface area contributed by atoms with Crippen molar-refractivity contribution < 1.29 is 4.79 Å². The molecule has 1 aliphatic rings. The van der Waals surface area contributed by atoms with Crippen molar-refractivity contribution in [3.8, 4) is 6.07 Å². The minimum absolute atomic E-state index is 0.0814. The third-order valence-corrected chi connectivity index (χ3v) is 5.34. The number of amides is 2. The first-order valence-electron chi connectivity index (χ1n) is 10.8. The standard InChI is InChI=1S/C26H27N5O/c1-26(2,3)18-31-24-22(15-28-23(14-27)29-24)17-30(25(31)32)16-21-11-9-20(10-12-21)13-19-7-5-4-6-8-19/h4-12,15H,13,16-18H2,1-3H3. The fourth-order valence-electron chi connectivity index (χ4n) is 3.89. The number of nitriles is 1. The molecule has 0 bridgehead atoms. The first-order valence-corrected chi connectivity index (χ1v) is 10.8. The maximum Gasteiger partial charge on any atom is 0.326 e. The normalized spacial score (nSPS) is 13.6. The van der Waals surface area contributed by atoms with Gasteiger partial charge in [0.05, 0.1) is 6.54 Å². The van der Waals surface area contributed by atoms with Crippen LogP contribution in [0.4, 0.5) is 10.6 Å². The second-order valence-corrected chi connectivity index (χ2v) is 9.42. The van der Waals surface area contributed by atoms with Crippen molar-refractivity contribution in [2.75, 3.05) is 11.4 Å². The number of rotatable bonds is 5. The van der Waals surface area contributed by atoms with E-state index >= 15 is 0 Å². The summed E-state index contributed by atoms with van der Waals surface area (Å²) in [5, 5.41) is 9.20. The van der Waals surface area contributed by atoms with E-state index < -0.39 is 0 Å². The molecule has 162 valence electrons. The van der Waals surface area contributed by atoms with Crippen molar-refractivity contribution in [2.24, 2.45) is 5.41 Å². The minimum atomic E-state index is -0.118. The van der Waals surface area contributed by atoms with Crippen LogP contribution in [0.25, 0.3) is 0 Å². The second kappa shape index (κ2) is 8.80. The first kappa shape index (κ1) is 21.5. The molecule has 0 aliphatic carbocycles. The molecule has 2 aromatic carbocycles. The first-order chi connectivity index (χ1) is 15.3. The van der Waals surface area contributed by atoms with Gasteiger partial charge in [-0.1, -0.05) is 75.4 Å². The van der Waals surface area contributed by atoms with E-state index in [1.165, 1.54) is 11.1 Å². The van der Waals surface area contributed by atoms with E-state index in [1.807, 2.05) is 17.0 Å². The summed E-state index contributed by atoms with van der Waals surface area (Å²) in [5.74, 6) is 0.629. The van der Waals surface area contributed by atoms with Crippen LogP contribution in [-0.2, 0) is 19.5 Å². The molecule has 0 fully saturated rings. The highest BCUT2D eigenvalue weighted by Gasteiger charge is 2.34. The summed E-state index contributed by atoms with van der Waals surface area (Å²) in [7, 11) is 0. The summed E-state index contributed by atoms with van der Waals surface area (Å²) in [6.45, 7) is 7.67. The Bertz CT molecular complexity index is 1140. The van der Waals surface area contributed by atoms with Gasteiger partial charge < -0.3 is 4.90 Å². The summed E-state index contributed by atoms with van der Waals surface area (Å²) in [5.41, 5.74) is 4.32. The van der Waals surface area contributed by atoms with Crippen LogP contribution in [-0.4, -0.2) is 27.4 Å². The van der Waals surface area contributed by atoms with Crippen LogP contribution in [0.5, 0.6) is 0 Å². The lowest BCUT2D eigenvalue weighted by molar-refractivity contribution is 0.191. The van der Waals surface area contributed by atoms with Gasteiger partial charge in [-0.05, 0) is 28.5 Å². The zero-order chi connectivity index (χ0) is 22.7. The lowest BCUT2D eigenvalue weighted by atomic mass is 9.95. The molecule has 0 spiro atoms. The molecule has 2 amide bonds. The van der Waals surface area contributed by atoms with Gasteiger partial charge in [-0.15, -0.1) is 0 Å². The average Bonchev–Trinajstić information content (AvgIpc) is 2.77. The van der Waals surface area contributed by atoms with Crippen molar-refractivity contribution in [1.29, 1.82) is 5.26 Å². The molecular formula is C26H27N5O. The Morgan fingerprint density at radius 2 is 1.66 bits per heavy atom. The predicted molar refractivity (Wildman–Crippen MR) is 124 cm³/mol. The molecule has 0 saturated carbocycles. The number of anilines is 1. The molecule has 3 aromatic rings. The van der Waals surface area contributed by atoms with Gasteiger partial charge in [0.25, 0.3) is 0 Å². The number of nitrogens with zero attached hydrogens (tertiary/aromatic N) is 5. The van der Waals surface area contributed by atoms with Gasteiger partial charge in [-0.2, -0.15) is 5.26 Å². The smallest absolute Gasteiger partial charge is 0.315 e. The zero-order valence-corrected chi connectivity index (χ0v) is 18.7. The number of hydrogen-bond donors (Lipinski definition) is 0. The Kier molecular flexibility index (Phi) is 5.91. The molecule has 6 nitrogen and oxygen atoms in total. The van der Waals surface area contributed by atoms with Crippen LogP contribution in [0, 0.1) is 16.7 Å². The van der Waals surface area contributed by atoms with Gasteiger partial charge in [-0.3, -0.25) is 4.90 Å².